The van der Waals surface area contributed by atoms with Crippen LogP contribution in [-0.4, -0.2) is 50.3 Å². The van der Waals surface area contributed by atoms with E-state index in [9.17, 15) is 14.4 Å². The van der Waals surface area contributed by atoms with E-state index >= 15 is 0 Å². The quantitative estimate of drug-likeness (QED) is 0.568. The van der Waals surface area contributed by atoms with Gasteiger partial charge in [0.2, 0.25) is 0 Å². The SMILES string of the molecule is CCOC(=O)/C=C/C(=O)OCC(=O)NC[C@H]1COc2ccccc2O1. The summed E-state index contributed by atoms with van der Waals surface area (Å²) in [4.78, 5) is 34.1. The highest BCUT2D eigenvalue weighted by Crippen LogP contribution is 2.30. The lowest BCUT2D eigenvalue weighted by Gasteiger charge is -2.26. The summed E-state index contributed by atoms with van der Waals surface area (Å²) in [5.74, 6) is -0.677. The van der Waals surface area contributed by atoms with Gasteiger partial charge >= 0.3 is 11.9 Å². The van der Waals surface area contributed by atoms with E-state index in [1.807, 2.05) is 12.1 Å². The molecule has 0 fully saturated rings. The Morgan fingerprint density at radius 1 is 1.16 bits per heavy atom. The lowest BCUT2D eigenvalue weighted by Crippen LogP contribution is -2.42. The molecule has 8 nitrogen and oxygen atoms in total. The first-order valence-corrected chi connectivity index (χ1v) is 7.75. The molecular formula is C17H19NO7. The number of hydrogen-bond acceptors (Lipinski definition) is 7. The molecule has 0 radical (unpaired) electrons. The van der Waals surface area contributed by atoms with Crippen molar-refractivity contribution >= 4 is 17.8 Å². The number of carbonyl (C=O) groups excluding carboxylic acids is 3. The predicted molar refractivity (Wildman–Crippen MR) is 86.1 cm³/mol. The molecule has 1 aliphatic heterocycles. The van der Waals surface area contributed by atoms with Crippen molar-refractivity contribution in [2.45, 2.75) is 13.0 Å². The molecule has 25 heavy (non-hydrogen) atoms. The smallest absolute Gasteiger partial charge is 0.331 e. The minimum Gasteiger partial charge on any atom is -0.486 e. The maximum absolute atomic E-state index is 11.7. The molecule has 2 rings (SSSR count). The number of para-hydroxylation sites is 2. The van der Waals surface area contributed by atoms with Gasteiger partial charge in [-0.3, -0.25) is 4.79 Å². The molecule has 1 aromatic rings. The van der Waals surface area contributed by atoms with Crippen LogP contribution in [0.1, 0.15) is 6.92 Å². The predicted octanol–water partition coefficient (Wildman–Crippen LogP) is 0.605. The molecule has 0 aromatic heterocycles. The topological polar surface area (TPSA) is 100 Å². The van der Waals surface area contributed by atoms with Crippen LogP contribution in [0, 0.1) is 0 Å². The van der Waals surface area contributed by atoms with Crippen LogP contribution in [0.2, 0.25) is 0 Å². The monoisotopic (exact) mass is 349 g/mol. The molecule has 0 saturated carbocycles. The van der Waals surface area contributed by atoms with Gasteiger partial charge in [-0.25, -0.2) is 9.59 Å². The molecule has 134 valence electrons. The molecule has 1 aliphatic rings. The van der Waals surface area contributed by atoms with Gasteiger partial charge < -0.3 is 24.3 Å². The van der Waals surface area contributed by atoms with E-state index in [2.05, 4.69) is 10.1 Å². The third-order valence-electron chi connectivity index (χ3n) is 3.08. The highest BCUT2D eigenvalue weighted by molar-refractivity contribution is 5.92. The average Bonchev–Trinajstić information content (AvgIpc) is 2.63. The number of esters is 2. The Morgan fingerprint density at radius 2 is 1.84 bits per heavy atom. The van der Waals surface area contributed by atoms with Crippen LogP contribution < -0.4 is 14.8 Å². The molecule has 1 amide bonds. The number of benzene rings is 1. The van der Waals surface area contributed by atoms with Gasteiger partial charge in [-0.2, -0.15) is 0 Å². The van der Waals surface area contributed by atoms with Crippen molar-refractivity contribution in [2.24, 2.45) is 0 Å². The highest BCUT2D eigenvalue weighted by Gasteiger charge is 2.21. The van der Waals surface area contributed by atoms with E-state index in [1.54, 1.807) is 19.1 Å². The largest absolute Gasteiger partial charge is 0.486 e. The molecule has 1 N–H and O–H groups in total. The molecule has 1 heterocycles. The van der Waals surface area contributed by atoms with Gasteiger partial charge in [-0.15, -0.1) is 0 Å². The Kier molecular flexibility index (Phi) is 6.82. The summed E-state index contributed by atoms with van der Waals surface area (Å²) < 4.78 is 20.5. The summed E-state index contributed by atoms with van der Waals surface area (Å²) in [5, 5.41) is 2.59. The van der Waals surface area contributed by atoms with Crippen LogP contribution in [0.4, 0.5) is 0 Å². The van der Waals surface area contributed by atoms with Gasteiger partial charge in [-0.1, -0.05) is 12.1 Å². The maximum atomic E-state index is 11.7. The summed E-state index contributed by atoms with van der Waals surface area (Å²) in [6.07, 6.45) is 1.51. The van der Waals surface area contributed by atoms with E-state index in [4.69, 9.17) is 14.2 Å². The molecule has 1 aromatic carbocycles. The number of ether oxygens (including phenoxy) is 4. The molecule has 0 spiro atoms. The fourth-order valence-electron chi connectivity index (χ4n) is 1.95. The van der Waals surface area contributed by atoms with E-state index in [0.29, 0.717) is 18.1 Å². The van der Waals surface area contributed by atoms with Gasteiger partial charge in [-0.05, 0) is 19.1 Å². The van der Waals surface area contributed by atoms with Crippen molar-refractivity contribution in [1.29, 1.82) is 0 Å². The summed E-state index contributed by atoms with van der Waals surface area (Å²) in [6, 6.07) is 7.25. The molecule has 8 heteroatoms. The van der Waals surface area contributed by atoms with Crippen LogP contribution in [0.25, 0.3) is 0 Å². The Morgan fingerprint density at radius 3 is 2.56 bits per heavy atom. The average molecular weight is 349 g/mol. The summed E-state index contributed by atoms with van der Waals surface area (Å²) >= 11 is 0. The fourth-order valence-corrected chi connectivity index (χ4v) is 1.95. The maximum Gasteiger partial charge on any atom is 0.331 e. The summed E-state index contributed by atoms with van der Waals surface area (Å²) in [5.41, 5.74) is 0. The first-order chi connectivity index (χ1) is 12.1. The van der Waals surface area contributed by atoms with E-state index in [-0.39, 0.29) is 19.3 Å². The van der Waals surface area contributed by atoms with Crippen LogP contribution in [-0.2, 0) is 23.9 Å². The summed E-state index contributed by atoms with van der Waals surface area (Å²) in [6.45, 7) is 1.91. The minimum absolute atomic E-state index is 0.206. The van der Waals surface area contributed by atoms with Crippen molar-refractivity contribution in [3.8, 4) is 11.5 Å². The second-order valence-corrected chi connectivity index (χ2v) is 4.99. The van der Waals surface area contributed by atoms with E-state index in [1.165, 1.54) is 0 Å². The minimum atomic E-state index is -0.811. The fraction of sp³-hybridized carbons (Fsp3) is 0.353. The normalized spacial score (nSPS) is 15.5. The van der Waals surface area contributed by atoms with Gasteiger partial charge in [0.05, 0.1) is 13.2 Å². The standard InChI is InChI=1S/C17H19NO7/c1-2-22-16(20)7-8-17(21)24-11-15(19)18-9-12-10-23-13-5-3-4-6-14(13)25-12/h3-8,12H,2,9-11H2,1H3,(H,18,19)/b8-7+/t12-/m0/s1. The number of fused-ring (bicyclic) bond motifs is 1. The van der Waals surface area contributed by atoms with Crippen molar-refractivity contribution in [1.82, 2.24) is 5.32 Å². The van der Waals surface area contributed by atoms with Crippen molar-refractivity contribution in [2.75, 3.05) is 26.4 Å². The third-order valence-corrected chi connectivity index (χ3v) is 3.08. The number of carbonyl (C=O) groups is 3. The zero-order valence-corrected chi connectivity index (χ0v) is 13.7. The first-order valence-electron chi connectivity index (χ1n) is 7.75. The second-order valence-electron chi connectivity index (χ2n) is 4.99. The van der Waals surface area contributed by atoms with Gasteiger partial charge in [0.1, 0.15) is 12.7 Å². The van der Waals surface area contributed by atoms with Crippen LogP contribution in [0.3, 0.4) is 0 Å². The van der Waals surface area contributed by atoms with Crippen molar-refractivity contribution < 1.29 is 33.3 Å². The molecule has 0 aliphatic carbocycles. The Balaban J connectivity index is 1.66. The Labute approximate surface area is 144 Å². The van der Waals surface area contributed by atoms with Gasteiger partial charge in [0, 0.05) is 12.2 Å². The Hall–Kier alpha value is -3.03. The zero-order chi connectivity index (χ0) is 18.1. The van der Waals surface area contributed by atoms with E-state index < -0.39 is 24.5 Å². The second kappa shape index (κ2) is 9.31. The molecule has 1 atom stereocenters. The Bertz CT molecular complexity index is 656. The van der Waals surface area contributed by atoms with Crippen LogP contribution >= 0.6 is 0 Å². The van der Waals surface area contributed by atoms with Crippen LogP contribution in [0.15, 0.2) is 36.4 Å². The third kappa shape index (κ3) is 6.17. The number of hydrogen-bond donors (Lipinski definition) is 1. The number of amides is 1. The van der Waals surface area contributed by atoms with Crippen LogP contribution in [0.5, 0.6) is 11.5 Å². The van der Waals surface area contributed by atoms with Crippen molar-refractivity contribution in [3.63, 3.8) is 0 Å². The first kappa shape index (κ1) is 18.3. The zero-order valence-electron chi connectivity index (χ0n) is 13.7. The molecule has 0 saturated heterocycles. The van der Waals surface area contributed by atoms with E-state index in [0.717, 1.165) is 12.2 Å². The lowest BCUT2D eigenvalue weighted by molar-refractivity contribution is -0.144. The summed E-state index contributed by atoms with van der Waals surface area (Å²) in [7, 11) is 0. The number of nitrogens with one attached hydrogen (secondary N) is 1. The molecule has 0 unspecified atom stereocenters. The van der Waals surface area contributed by atoms with Crippen molar-refractivity contribution in [3.05, 3.63) is 36.4 Å². The number of rotatable bonds is 7. The molecule has 0 bridgehead atoms. The molecular weight excluding hydrogens is 330 g/mol. The van der Waals surface area contributed by atoms with Gasteiger partial charge in [0.25, 0.3) is 5.91 Å². The lowest BCUT2D eigenvalue weighted by atomic mass is 10.2. The highest BCUT2D eigenvalue weighted by atomic mass is 16.6. The van der Waals surface area contributed by atoms with Gasteiger partial charge in [0.15, 0.2) is 18.1 Å².